The van der Waals surface area contributed by atoms with E-state index in [9.17, 15) is 13.9 Å². The number of rotatable bonds is 3. The molecule has 104 valence electrons. The number of benzene rings is 1. The molecular weight excluding hydrogens is 284 g/mol. The Balaban J connectivity index is 2.25. The molecule has 0 aliphatic heterocycles. The van der Waals surface area contributed by atoms with E-state index < -0.39 is 11.6 Å². The predicted molar refractivity (Wildman–Crippen MR) is 71.5 cm³/mol. The zero-order valence-electron chi connectivity index (χ0n) is 10.6. The molecular formula is C13H11F2N3OS. The summed E-state index contributed by atoms with van der Waals surface area (Å²) in [6, 6.07) is 3.16. The van der Waals surface area contributed by atoms with Crippen LogP contribution in [0, 0.1) is 11.6 Å². The second-order valence-corrected chi connectivity index (χ2v) is 5.27. The molecule has 0 spiro atoms. The fourth-order valence-corrected chi connectivity index (χ4v) is 2.86. The summed E-state index contributed by atoms with van der Waals surface area (Å²) in [5, 5.41) is 14.7. The second-order valence-electron chi connectivity index (χ2n) is 4.23. The van der Waals surface area contributed by atoms with E-state index in [1.807, 2.05) is 6.92 Å². The van der Waals surface area contributed by atoms with Gasteiger partial charge in [-0.1, -0.05) is 18.3 Å². The molecule has 0 radical (unpaired) electrons. The zero-order chi connectivity index (χ0) is 14.3. The molecule has 3 aromatic rings. The van der Waals surface area contributed by atoms with Crippen LogP contribution in [-0.2, 0) is 13.0 Å². The molecule has 7 heteroatoms. The molecule has 1 aromatic carbocycles. The third kappa shape index (κ3) is 1.99. The van der Waals surface area contributed by atoms with E-state index in [0.717, 1.165) is 29.6 Å². The van der Waals surface area contributed by atoms with Crippen molar-refractivity contribution in [3.05, 3.63) is 40.5 Å². The van der Waals surface area contributed by atoms with Crippen LogP contribution < -0.4 is 0 Å². The van der Waals surface area contributed by atoms with Gasteiger partial charge in [0.1, 0.15) is 22.3 Å². The molecule has 20 heavy (non-hydrogen) atoms. The van der Waals surface area contributed by atoms with Crippen LogP contribution in [0.3, 0.4) is 0 Å². The van der Waals surface area contributed by atoms with Gasteiger partial charge in [0.15, 0.2) is 0 Å². The minimum Gasteiger partial charge on any atom is -0.390 e. The van der Waals surface area contributed by atoms with Crippen LogP contribution in [0.5, 0.6) is 0 Å². The lowest BCUT2D eigenvalue weighted by molar-refractivity contribution is 0.275. The van der Waals surface area contributed by atoms with E-state index in [1.54, 1.807) is 0 Å². The summed E-state index contributed by atoms with van der Waals surface area (Å²) >= 11 is 1.37. The maximum Gasteiger partial charge on any atom is 0.213 e. The van der Waals surface area contributed by atoms with Gasteiger partial charge in [-0.2, -0.15) is 5.10 Å². The van der Waals surface area contributed by atoms with Gasteiger partial charge in [0.25, 0.3) is 0 Å². The first kappa shape index (κ1) is 13.1. The van der Waals surface area contributed by atoms with E-state index >= 15 is 0 Å². The number of hydrogen-bond acceptors (Lipinski definition) is 4. The smallest absolute Gasteiger partial charge is 0.213 e. The number of aliphatic hydroxyl groups excluding tert-OH is 1. The number of nitrogens with zero attached hydrogens (tertiary/aromatic N) is 3. The first-order valence-electron chi connectivity index (χ1n) is 6.07. The van der Waals surface area contributed by atoms with Crippen LogP contribution in [0.25, 0.3) is 16.2 Å². The Morgan fingerprint density at radius 3 is 2.85 bits per heavy atom. The maximum atomic E-state index is 13.8. The SMILES string of the molecule is CCc1nn2c(CO)c(-c3cc(F)ccc3F)nc2s1. The highest BCUT2D eigenvalue weighted by Crippen LogP contribution is 2.29. The van der Waals surface area contributed by atoms with E-state index in [1.165, 1.54) is 15.9 Å². The monoisotopic (exact) mass is 295 g/mol. The van der Waals surface area contributed by atoms with Crippen LogP contribution in [0.2, 0.25) is 0 Å². The van der Waals surface area contributed by atoms with E-state index in [4.69, 9.17) is 0 Å². The summed E-state index contributed by atoms with van der Waals surface area (Å²) in [5.41, 5.74) is 0.621. The maximum absolute atomic E-state index is 13.8. The Kier molecular flexibility index (Phi) is 3.23. The molecule has 0 aliphatic carbocycles. The molecule has 0 atom stereocenters. The lowest BCUT2D eigenvalue weighted by Crippen LogP contribution is -1.97. The average Bonchev–Trinajstić information content (AvgIpc) is 2.97. The molecule has 0 amide bonds. The van der Waals surface area contributed by atoms with Crippen molar-refractivity contribution in [1.82, 2.24) is 14.6 Å². The van der Waals surface area contributed by atoms with Gasteiger partial charge in [0.05, 0.1) is 12.3 Å². The summed E-state index contributed by atoms with van der Waals surface area (Å²) < 4.78 is 28.6. The number of hydrogen-bond donors (Lipinski definition) is 1. The van der Waals surface area contributed by atoms with Crippen LogP contribution in [-0.4, -0.2) is 19.7 Å². The summed E-state index contributed by atoms with van der Waals surface area (Å²) in [6.07, 6.45) is 0.753. The highest BCUT2D eigenvalue weighted by atomic mass is 32.1. The molecule has 0 saturated carbocycles. The van der Waals surface area contributed by atoms with E-state index in [0.29, 0.717) is 10.7 Å². The third-order valence-corrected chi connectivity index (χ3v) is 4.03. The highest BCUT2D eigenvalue weighted by Gasteiger charge is 2.19. The van der Waals surface area contributed by atoms with Crippen molar-refractivity contribution in [2.75, 3.05) is 0 Å². The van der Waals surface area contributed by atoms with Gasteiger partial charge in [-0.3, -0.25) is 0 Å². The number of fused-ring (bicyclic) bond motifs is 1. The highest BCUT2D eigenvalue weighted by molar-refractivity contribution is 7.16. The van der Waals surface area contributed by atoms with Gasteiger partial charge >= 0.3 is 0 Å². The Morgan fingerprint density at radius 2 is 2.15 bits per heavy atom. The molecule has 0 unspecified atom stereocenters. The second kappa shape index (κ2) is 4.92. The number of aryl methyl sites for hydroxylation is 1. The Morgan fingerprint density at radius 1 is 1.35 bits per heavy atom. The fraction of sp³-hybridized carbons (Fsp3) is 0.231. The van der Waals surface area contributed by atoms with Crippen molar-refractivity contribution in [3.8, 4) is 11.3 Å². The Bertz CT molecular complexity index is 781. The first-order valence-corrected chi connectivity index (χ1v) is 6.89. The first-order chi connectivity index (χ1) is 9.63. The lowest BCUT2D eigenvalue weighted by atomic mass is 10.1. The summed E-state index contributed by atoms with van der Waals surface area (Å²) in [4.78, 5) is 4.84. The van der Waals surface area contributed by atoms with Crippen molar-refractivity contribution in [2.45, 2.75) is 20.0 Å². The van der Waals surface area contributed by atoms with Crippen molar-refractivity contribution in [2.24, 2.45) is 0 Å². The Hall–Kier alpha value is -1.86. The van der Waals surface area contributed by atoms with Gasteiger partial charge in [-0.15, -0.1) is 0 Å². The van der Waals surface area contributed by atoms with Crippen molar-refractivity contribution in [3.63, 3.8) is 0 Å². The molecule has 0 saturated heterocycles. The summed E-state index contributed by atoms with van der Waals surface area (Å²) in [6.45, 7) is 1.61. The number of halogens is 2. The standard InChI is InChI=1S/C13H11F2N3OS/c1-2-11-17-18-10(6-19)12(16-13(18)20-11)8-5-7(14)3-4-9(8)15/h3-5,19H,2,6H2,1H3. The zero-order valence-corrected chi connectivity index (χ0v) is 11.4. The van der Waals surface area contributed by atoms with Gasteiger partial charge in [-0.25, -0.2) is 18.3 Å². The van der Waals surface area contributed by atoms with Crippen molar-refractivity contribution in [1.29, 1.82) is 0 Å². The lowest BCUT2D eigenvalue weighted by Gasteiger charge is -2.02. The molecule has 1 N–H and O–H groups in total. The number of aliphatic hydroxyl groups is 1. The largest absolute Gasteiger partial charge is 0.390 e. The van der Waals surface area contributed by atoms with E-state index in [-0.39, 0.29) is 17.9 Å². The average molecular weight is 295 g/mol. The molecule has 0 aliphatic rings. The third-order valence-electron chi connectivity index (χ3n) is 2.97. The molecule has 0 bridgehead atoms. The topological polar surface area (TPSA) is 50.4 Å². The minimum absolute atomic E-state index is 0.0322. The van der Waals surface area contributed by atoms with Crippen molar-refractivity contribution < 1.29 is 13.9 Å². The number of aromatic nitrogens is 3. The van der Waals surface area contributed by atoms with Crippen LogP contribution in [0.4, 0.5) is 8.78 Å². The minimum atomic E-state index is -0.581. The summed E-state index contributed by atoms with van der Waals surface area (Å²) in [5.74, 6) is -1.13. The van der Waals surface area contributed by atoms with Gasteiger partial charge in [-0.05, 0) is 24.6 Å². The summed E-state index contributed by atoms with van der Waals surface area (Å²) in [7, 11) is 0. The van der Waals surface area contributed by atoms with Gasteiger partial charge < -0.3 is 5.11 Å². The quantitative estimate of drug-likeness (QED) is 0.808. The van der Waals surface area contributed by atoms with Crippen LogP contribution in [0.15, 0.2) is 18.2 Å². The molecule has 4 nitrogen and oxygen atoms in total. The predicted octanol–water partition coefficient (Wildman–Crippen LogP) is 2.79. The normalized spacial score (nSPS) is 11.4. The molecule has 2 heterocycles. The van der Waals surface area contributed by atoms with Crippen LogP contribution >= 0.6 is 11.3 Å². The van der Waals surface area contributed by atoms with Gasteiger partial charge in [0.2, 0.25) is 4.96 Å². The number of imidazole rings is 1. The van der Waals surface area contributed by atoms with Crippen molar-refractivity contribution >= 4 is 16.3 Å². The molecule has 2 aromatic heterocycles. The van der Waals surface area contributed by atoms with Crippen LogP contribution in [0.1, 0.15) is 17.6 Å². The van der Waals surface area contributed by atoms with Gasteiger partial charge in [0, 0.05) is 5.56 Å². The van der Waals surface area contributed by atoms with E-state index in [2.05, 4.69) is 10.1 Å². The molecule has 3 rings (SSSR count). The Labute approximate surface area is 117 Å². The molecule has 0 fully saturated rings. The fourth-order valence-electron chi connectivity index (χ4n) is 2.01.